The van der Waals surface area contributed by atoms with Crippen molar-refractivity contribution in [3.05, 3.63) is 83.7 Å². The maximum Gasteiger partial charge on any atom is 0.253 e. The van der Waals surface area contributed by atoms with Gasteiger partial charge in [-0.25, -0.2) is 5.43 Å². The van der Waals surface area contributed by atoms with Crippen molar-refractivity contribution in [3.63, 3.8) is 0 Å². The first-order valence-corrected chi connectivity index (χ1v) is 11.9. The molecule has 1 atom stereocenters. The lowest BCUT2D eigenvalue weighted by Gasteiger charge is -2.12. The van der Waals surface area contributed by atoms with Crippen molar-refractivity contribution in [3.8, 4) is 0 Å². The van der Waals surface area contributed by atoms with Crippen LogP contribution in [0.15, 0.2) is 77.5 Å². The summed E-state index contributed by atoms with van der Waals surface area (Å²) in [5, 5.41) is 17.2. The first-order chi connectivity index (χ1) is 16.0. The van der Waals surface area contributed by atoms with Gasteiger partial charge < -0.3 is 9.88 Å². The van der Waals surface area contributed by atoms with Crippen LogP contribution in [0.3, 0.4) is 0 Å². The fourth-order valence-corrected chi connectivity index (χ4v) is 4.00. The second-order valence-electron chi connectivity index (χ2n) is 7.17. The number of anilines is 1. The largest absolute Gasteiger partial charge is 0.378 e. The predicted octanol–water partition coefficient (Wildman–Crippen LogP) is 5.14. The molecule has 9 heteroatoms. The van der Waals surface area contributed by atoms with Crippen molar-refractivity contribution in [1.82, 2.24) is 20.2 Å². The van der Waals surface area contributed by atoms with Gasteiger partial charge in [-0.05, 0) is 43.2 Å². The number of hydrogen-bond donors (Lipinski definition) is 2. The van der Waals surface area contributed by atoms with E-state index >= 15 is 0 Å². The van der Waals surface area contributed by atoms with Gasteiger partial charge in [-0.2, -0.15) is 5.10 Å². The molecule has 0 radical (unpaired) electrons. The summed E-state index contributed by atoms with van der Waals surface area (Å²) in [5.74, 6) is 0.547. The Morgan fingerprint density at radius 1 is 1.21 bits per heavy atom. The summed E-state index contributed by atoms with van der Waals surface area (Å²) < 4.78 is 1.94. The van der Waals surface area contributed by atoms with Gasteiger partial charge in [0.25, 0.3) is 5.91 Å². The number of halogens is 1. The number of benzene rings is 2. The number of nitrogens with one attached hydrogen (secondary N) is 2. The number of nitrogens with zero attached hydrogens (tertiary/aromatic N) is 4. The van der Waals surface area contributed by atoms with Crippen LogP contribution in [0, 0.1) is 0 Å². The molecule has 0 aliphatic heterocycles. The highest BCUT2D eigenvalue weighted by molar-refractivity contribution is 8.00. The van der Waals surface area contributed by atoms with Crippen LogP contribution in [-0.2, 0) is 17.9 Å². The van der Waals surface area contributed by atoms with E-state index < -0.39 is 5.25 Å². The van der Waals surface area contributed by atoms with Crippen molar-refractivity contribution in [2.24, 2.45) is 5.10 Å². The molecule has 0 aliphatic carbocycles. The molecule has 3 rings (SSSR count). The molecule has 1 heterocycles. The Hall–Kier alpha value is -3.10. The maximum absolute atomic E-state index is 12.7. The standard InChI is InChI=1S/C24H27ClN6OS/c1-4-15-31-22(16-26-20-13-11-19(25)12-14-20)28-30-24(31)33-17(3)23(32)29-27-21(5-2)18-9-7-6-8-10-18/h4,6-14,17,26H,1,5,15-16H2,2-3H3,(H,29,32)/b27-21-/t17-/m0/s1. The van der Waals surface area contributed by atoms with E-state index in [4.69, 9.17) is 11.6 Å². The number of allylic oxidation sites excluding steroid dienone is 1. The maximum atomic E-state index is 12.7. The number of thioether (sulfide) groups is 1. The highest BCUT2D eigenvalue weighted by atomic mass is 35.5. The van der Waals surface area contributed by atoms with E-state index in [1.54, 1.807) is 6.08 Å². The molecule has 1 amide bonds. The Balaban J connectivity index is 1.65. The fourth-order valence-electron chi connectivity index (χ4n) is 3.00. The molecular formula is C24H27ClN6OS. The van der Waals surface area contributed by atoms with E-state index in [0.29, 0.717) is 29.7 Å². The quantitative estimate of drug-likeness (QED) is 0.171. The smallest absolute Gasteiger partial charge is 0.253 e. The van der Waals surface area contributed by atoms with E-state index in [-0.39, 0.29) is 5.91 Å². The molecule has 33 heavy (non-hydrogen) atoms. The first-order valence-electron chi connectivity index (χ1n) is 10.6. The Morgan fingerprint density at radius 2 is 1.94 bits per heavy atom. The highest BCUT2D eigenvalue weighted by Gasteiger charge is 2.20. The van der Waals surface area contributed by atoms with E-state index in [1.807, 2.05) is 73.0 Å². The number of rotatable bonds is 11. The molecule has 0 unspecified atom stereocenters. The van der Waals surface area contributed by atoms with E-state index in [9.17, 15) is 4.79 Å². The summed E-state index contributed by atoms with van der Waals surface area (Å²) in [6.07, 6.45) is 2.49. The zero-order valence-corrected chi connectivity index (χ0v) is 20.2. The lowest BCUT2D eigenvalue weighted by molar-refractivity contribution is -0.120. The van der Waals surface area contributed by atoms with Gasteiger partial charge in [-0.15, -0.1) is 16.8 Å². The van der Waals surface area contributed by atoms with Crippen LogP contribution in [0.1, 0.15) is 31.7 Å². The normalized spacial score (nSPS) is 12.3. The molecule has 0 saturated heterocycles. The number of carbonyl (C=O) groups is 1. The molecule has 2 N–H and O–H groups in total. The van der Waals surface area contributed by atoms with E-state index in [0.717, 1.165) is 22.8 Å². The summed E-state index contributed by atoms with van der Waals surface area (Å²) >= 11 is 7.28. The van der Waals surface area contributed by atoms with Crippen LogP contribution >= 0.6 is 23.4 Å². The second kappa shape index (κ2) is 12.2. The van der Waals surface area contributed by atoms with Crippen LogP contribution in [-0.4, -0.2) is 31.6 Å². The summed E-state index contributed by atoms with van der Waals surface area (Å²) in [6.45, 7) is 8.67. The predicted molar refractivity (Wildman–Crippen MR) is 136 cm³/mol. The summed E-state index contributed by atoms with van der Waals surface area (Å²) in [7, 11) is 0. The average molecular weight is 483 g/mol. The van der Waals surface area contributed by atoms with Crippen LogP contribution in [0.2, 0.25) is 5.02 Å². The molecule has 0 spiro atoms. The van der Waals surface area contributed by atoms with Crippen molar-refractivity contribution in [2.45, 2.75) is 43.8 Å². The van der Waals surface area contributed by atoms with Crippen molar-refractivity contribution < 1.29 is 4.79 Å². The second-order valence-corrected chi connectivity index (χ2v) is 8.92. The minimum absolute atomic E-state index is 0.198. The minimum Gasteiger partial charge on any atom is -0.378 e. The van der Waals surface area contributed by atoms with Crippen molar-refractivity contribution in [1.29, 1.82) is 0 Å². The number of carbonyl (C=O) groups excluding carboxylic acids is 1. The third-order valence-electron chi connectivity index (χ3n) is 4.79. The van der Waals surface area contributed by atoms with Gasteiger partial charge >= 0.3 is 0 Å². The minimum atomic E-state index is -0.410. The lowest BCUT2D eigenvalue weighted by Crippen LogP contribution is -2.28. The van der Waals surface area contributed by atoms with Gasteiger partial charge in [0, 0.05) is 17.3 Å². The van der Waals surface area contributed by atoms with Gasteiger partial charge in [-0.3, -0.25) is 4.79 Å². The molecule has 3 aromatic rings. The number of hydrazone groups is 1. The van der Waals surface area contributed by atoms with Gasteiger partial charge in [0.05, 0.1) is 17.5 Å². The lowest BCUT2D eigenvalue weighted by atomic mass is 10.1. The molecule has 0 fully saturated rings. The van der Waals surface area contributed by atoms with Gasteiger partial charge in [-0.1, -0.05) is 66.7 Å². The molecule has 0 aliphatic rings. The first kappa shape index (κ1) is 24.5. The third-order valence-corrected chi connectivity index (χ3v) is 6.13. The number of aromatic nitrogens is 3. The number of hydrogen-bond acceptors (Lipinski definition) is 6. The SMILES string of the molecule is C=CCn1c(CNc2ccc(Cl)cc2)nnc1S[C@@H](C)C(=O)N/N=C(/CC)c1ccccc1. The van der Waals surface area contributed by atoms with Gasteiger partial charge in [0.2, 0.25) is 0 Å². The zero-order chi connectivity index (χ0) is 23.6. The number of amides is 1. The van der Waals surface area contributed by atoms with E-state index in [2.05, 4.69) is 32.6 Å². The third kappa shape index (κ3) is 6.94. The summed E-state index contributed by atoms with van der Waals surface area (Å²) in [4.78, 5) is 12.7. The fraction of sp³-hybridized carbons (Fsp3) is 0.250. The summed E-state index contributed by atoms with van der Waals surface area (Å²) in [6, 6.07) is 17.3. The topological polar surface area (TPSA) is 84.2 Å². The van der Waals surface area contributed by atoms with Crippen LogP contribution in [0.4, 0.5) is 5.69 Å². The van der Waals surface area contributed by atoms with Gasteiger partial charge in [0.1, 0.15) is 0 Å². The molecule has 7 nitrogen and oxygen atoms in total. The van der Waals surface area contributed by atoms with Crippen molar-refractivity contribution >= 4 is 40.7 Å². The molecule has 0 saturated carbocycles. The molecule has 0 bridgehead atoms. The Labute approximate surface area is 203 Å². The molecular weight excluding hydrogens is 456 g/mol. The van der Waals surface area contributed by atoms with Crippen LogP contribution < -0.4 is 10.7 Å². The van der Waals surface area contributed by atoms with E-state index in [1.165, 1.54) is 11.8 Å². The molecule has 1 aromatic heterocycles. The zero-order valence-electron chi connectivity index (χ0n) is 18.7. The Morgan fingerprint density at radius 3 is 2.61 bits per heavy atom. The highest BCUT2D eigenvalue weighted by Crippen LogP contribution is 2.23. The Bertz CT molecular complexity index is 1100. The monoisotopic (exact) mass is 482 g/mol. The molecule has 172 valence electrons. The molecule has 2 aromatic carbocycles. The van der Waals surface area contributed by atoms with Crippen LogP contribution in [0.5, 0.6) is 0 Å². The van der Waals surface area contributed by atoms with Gasteiger partial charge in [0.15, 0.2) is 11.0 Å². The Kier molecular flexibility index (Phi) is 9.09. The average Bonchev–Trinajstić information content (AvgIpc) is 3.21. The van der Waals surface area contributed by atoms with Crippen LogP contribution in [0.25, 0.3) is 0 Å². The summed E-state index contributed by atoms with van der Waals surface area (Å²) in [5.41, 5.74) is 5.43. The van der Waals surface area contributed by atoms with Crippen molar-refractivity contribution in [2.75, 3.05) is 5.32 Å².